The van der Waals surface area contributed by atoms with E-state index in [2.05, 4.69) is 0 Å². The second kappa shape index (κ2) is 6.70. The van der Waals surface area contributed by atoms with Gasteiger partial charge >= 0.3 is 0 Å². The van der Waals surface area contributed by atoms with Gasteiger partial charge in [-0.3, -0.25) is 19.8 Å². The molecule has 6 nitrogen and oxygen atoms in total. The lowest BCUT2D eigenvalue weighted by molar-refractivity contribution is -0.385. The molecule has 24 heavy (non-hydrogen) atoms. The van der Waals surface area contributed by atoms with E-state index < -0.39 is 10.3 Å². The molecule has 1 amide bonds. The number of carbonyl (C=O) groups excluding carboxylic acids is 1. The minimum Gasteiger partial charge on any atom is -0.495 e. The third-order valence-electron chi connectivity index (χ3n) is 3.68. The molecule has 2 aromatic carbocycles. The van der Waals surface area contributed by atoms with E-state index >= 15 is 0 Å². The number of anilines is 1. The average Bonchev–Trinajstić information content (AvgIpc) is 2.96. The van der Waals surface area contributed by atoms with E-state index in [1.54, 1.807) is 41.3 Å². The number of amides is 1. The minimum absolute atomic E-state index is 0.00527. The first-order valence-electron chi connectivity index (χ1n) is 7.03. The van der Waals surface area contributed by atoms with Gasteiger partial charge in [-0.25, -0.2) is 0 Å². The highest BCUT2D eigenvalue weighted by Crippen LogP contribution is 2.45. The molecule has 8 heteroatoms. The normalized spacial score (nSPS) is 17.2. The first-order chi connectivity index (χ1) is 11.5. The van der Waals surface area contributed by atoms with Crippen LogP contribution in [0, 0.1) is 10.1 Å². The summed E-state index contributed by atoms with van der Waals surface area (Å²) in [5.74, 6) is 0.631. The Morgan fingerprint density at radius 3 is 2.75 bits per heavy atom. The zero-order chi connectivity index (χ0) is 17.3. The van der Waals surface area contributed by atoms with Crippen LogP contribution in [-0.4, -0.2) is 23.7 Å². The van der Waals surface area contributed by atoms with E-state index in [4.69, 9.17) is 16.3 Å². The second-order valence-corrected chi connectivity index (χ2v) is 6.54. The van der Waals surface area contributed by atoms with Crippen LogP contribution in [0.1, 0.15) is 10.9 Å². The van der Waals surface area contributed by atoms with E-state index in [-0.39, 0.29) is 17.3 Å². The standard InChI is InChI=1S/C16H13ClN2O4S/c1-23-14-7-6-10(8-12(14)17)18-15(20)9-24-16(18)11-4-2-3-5-13(11)19(21)22/h2-8,16H,9H2,1H3. The topological polar surface area (TPSA) is 72.7 Å². The summed E-state index contributed by atoms with van der Waals surface area (Å²) in [4.78, 5) is 24.8. The number of ether oxygens (including phenoxy) is 1. The van der Waals surface area contributed by atoms with E-state index in [0.717, 1.165) is 0 Å². The van der Waals surface area contributed by atoms with Crippen molar-refractivity contribution in [3.63, 3.8) is 0 Å². The Labute approximate surface area is 147 Å². The van der Waals surface area contributed by atoms with Crippen molar-refractivity contribution in [2.45, 2.75) is 5.37 Å². The van der Waals surface area contributed by atoms with Crippen LogP contribution in [0.4, 0.5) is 11.4 Å². The fraction of sp³-hybridized carbons (Fsp3) is 0.188. The molecule has 0 radical (unpaired) electrons. The summed E-state index contributed by atoms with van der Waals surface area (Å²) in [6.07, 6.45) is 0. The Morgan fingerprint density at radius 1 is 1.33 bits per heavy atom. The van der Waals surface area contributed by atoms with Crippen molar-refractivity contribution < 1.29 is 14.5 Å². The summed E-state index contributed by atoms with van der Waals surface area (Å²) in [7, 11) is 1.51. The number of halogens is 1. The van der Waals surface area contributed by atoms with Crippen LogP contribution < -0.4 is 9.64 Å². The highest BCUT2D eigenvalue weighted by molar-refractivity contribution is 8.00. The van der Waals surface area contributed by atoms with Crippen molar-refractivity contribution >= 4 is 40.6 Å². The van der Waals surface area contributed by atoms with Crippen LogP contribution in [-0.2, 0) is 4.79 Å². The summed E-state index contributed by atoms with van der Waals surface area (Å²) in [5, 5.41) is 11.2. The van der Waals surface area contributed by atoms with E-state index in [9.17, 15) is 14.9 Å². The zero-order valence-corrected chi connectivity index (χ0v) is 14.2. The summed E-state index contributed by atoms with van der Waals surface area (Å²) < 4.78 is 5.12. The van der Waals surface area contributed by atoms with Gasteiger partial charge in [0.05, 0.1) is 28.4 Å². The SMILES string of the molecule is COc1ccc(N2C(=O)CSC2c2ccccc2[N+](=O)[O-])cc1Cl. The molecule has 0 aliphatic carbocycles. The number of benzene rings is 2. The molecule has 2 aromatic rings. The average molecular weight is 365 g/mol. The van der Waals surface area contributed by atoms with Gasteiger partial charge in [0.15, 0.2) is 0 Å². The van der Waals surface area contributed by atoms with E-state index in [0.29, 0.717) is 22.0 Å². The summed E-state index contributed by atoms with van der Waals surface area (Å²) in [5.41, 5.74) is 1.07. The molecular formula is C16H13ClN2O4S. The van der Waals surface area contributed by atoms with Gasteiger partial charge in [-0.1, -0.05) is 23.7 Å². The van der Waals surface area contributed by atoms with Gasteiger partial charge in [0.2, 0.25) is 5.91 Å². The molecular weight excluding hydrogens is 352 g/mol. The van der Waals surface area contributed by atoms with Crippen LogP contribution >= 0.6 is 23.4 Å². The number of nitro benzene ring substituents is 1. The number of nitro groups is 1. The molecule has 1 atom stereocenters. The number of hydrogen-bond donors (Lipinski definition) is 0. The minimum atomic E-state index is -0.469. The van der Waals surface area contributed by atoms with Gasteiger partial charge in [0, 0.05) is 11.8 Å². The zero-order valence-electron chi connectivity index (χ0n) is 12.6. The molecule has 0 N–H and O–H groups in total. The van der Waals surface area contributed by atoms with Gasteiger partial charge in [-0.2, -0.15) is 0 Å². The molecule has 1 heterocycles. The van der Waals surface area contributed by atoms with Crippen LogP contribution in [0.15, 0.2) is 42.5 Å². The maximum absolute atomic E-state index is 12.4. The highest BCUT2D eigenvalue weighted by atomic mass is 35.5. The summed E-state index contributed by atoms with van der Waals surface area (Å²) >= 11 is 7.50. The maximum Gasteiger partial charge on any atom is 0.275 e. The third-order valence-corrected chi connectivity index (χ3v) is 5.17. The molecule has 3 rings (SSSR count). The van der Waals surface area contributed by atoms with Crippen LogP contribution in [0.2, 0.25) is 5.02 Å². The molecule has 0 bridgehead atoms. The number of carbonyl (C=O) groups is 1. The number of hydrogen-bond acceptors (Lipinski definition) is 5. The first kappa shape index (κ1) is 16.6. The van der Waals surface area contributed by atoms with Crippen molar-refractivity contribution in [3.8, 4) is 5.75 Å². The van der Waals surface area contributed by atoms with E-state index in [1.807, 2.05) is 0 Å². The van der Waals surface area contributed by atoms with Crippen molar-refractivity contribution in [2.24, 2.45) is 0 Å². The van der Waals surface area contributed by atoms with Crippen molar-refractivity contribution in [3.05, 3.63) is 63.2 Å². The molecule has 124 valence electrons. The Bertz CT molecular complexity index is 814. The Morgan fingerprint density at radius 2 is 2.08 bits per heavy atom. The summed E-state index contributed by atoms with van der Waals surface area (Å²) in [6, 6.07) is 11.5. The lowest BCUT2D eigenvalue weighted by Crippen LogP contribution is -2.28. The van der Waals surface area contributed by atoms with Gasteiger partial charge in [0.25, 0.3) is 5.69 Å². The van der Waals surface area contributed by atoms with Gasteiger partial charge in [-0.15, -0.1) is 11.8 Å². The van der Waals surface area contributed by atoms with Gasteiger partial charge < -0.3 is 4.74 Å². The predicted molar refractivity (Wildman–Crippen MR) is 93.8 cm³/mol. The van der Waals surface area contributed by atoms with Crippen LogP contribution in [0.25, 0.3) is 0 Å². The fourth-order valence-corrected chi connectivity index (χ4v) is 4.06. The molecule has 1 aliphatic rings. The number of methoxy groups -OCH3 is 1. The molecule has 1 saturated heterocycles. The largest absolute Gasteiger partial charge is 0.495 e. The first-order valence-corrected chi connectivity index (χ1v) is 8.46. The molecule has 1 unspecified atom stereocenters. The number of thioether (sulfide) groups is 1. The van der Waals surface area contributed by atoms with Crippen LogP contribution in [0.3, 0.4) is 0 Å². The van der Waals surface area contributed by atoms with Crippen molar-refractivity contribution in [1.82, 2.24) is 0 Å². The Kier molecular flexibility index (Phi) is 4.64. The molecule has 0 spiro atoms. The maximum atomic E-state index is 12.4. The number of para-hydroxylation sites is 1. The quantitative estimate of drug-likeness (QED) is 0.604. The Hall–Kier alpha value is -2.25. The van der Waals surface area contributed by atoms with Crippen molar-refractivity contribution in [2.75, 3.05) is 17.8 Å². The Balaban J connectivity index is 2.05. The molecule has 1 aliphatic heterocycles. The second-order valence-electron chi connectivity index (χ2n) is 5.06. The monoisotopic (exact) mass is 364 g/mol. The molecule has 1 fully saturated rings. The van der Waals surface area contributed by atoms with Gasteiger partial charge in [0.1, 0.15) is 11.1 Å². The molecule has 0 saturated carbocycles. The van der Waals surface area contributed by atoms with Gasteiger partial charge in [-0.05, 0) is 24.3 Å². The van der Waals surface area contributed by atoms with Crippen LogP contribution in [0.5, 0.6) is 5.75 Å². The fourth-order valence-electron chi connectivity index (χ4n) is 2.60. The molecule has 0 aromatic heterocycles. The summed E-state index contributed by atoms with van der Waals surface area (Å²) in [6.45, 7) is 0. The smallest absolute Gasteiger partial charge is 0.275 e. The lowest BCUT2D eigenvalue weighted by Gasteiger charge is -2.24. The number of rotatable bonds is 4. The highest BCUT2D eigenvalue weighted by Gasteiger charge is 2.37. The third kappa shape index (κ3) is 2.92. The van der Waals surface area contributed by atoms with E-state index in [1.165, 1.54) is 24.9 Å². The lowest BCUT2D eigenvalue weighted by atomic mass is 10.1. The van der Waals surface area contributed by atoms with Crippen molar-refractivity contribution in [1.29, 1.82) is 0 Å². The number of nitrogens with zero attached hydrogens (tertiary/aromatic N) is 2. The predicted octanol–water partition coefficient (Wildman–Crippen LogP) is 4.04.